The van der Waals surface area contributed by atoms with E-state index in [-0.39, 0.29) is 12.5 Å². The van der Waals surface area contributed by atoms with Crippen molar-refractivity contribution in [2.75, 3.05) is 6.61 Å². The van der Waals surface area contributed by atoms with Crippen molar-refractivity contribution < 1.29 is 19.8 Å². The third-order valence-corrected chi connectivity index (χ3v) is 4.05. The lowest BCUT2D eigenvalue weighted by Gasteiger charge is -2.37. The molecule has 2 unspecified atom stereocenters. The largest absolute Gasteiger partial charge is 0.481 e. The van der Waals surface area contributed by atoms with Crippen LogP contribution in [0.25, 0.3) is 0 Å². The van der Waals surface area contributed by atoms with Crippen LogP contribution in [0.15, 0.2) is 0 Å². The molecule has 0 aliphatic heterocycles. The van der Waals surface area contributed by atoms with Gasteiger partial charge in [-0.15, -0.1) is 0 Å². The van der Waals surface area contributed by atoms with Gasteiger partial charge in [0.1, 0.15) is 0 Å². The van der Waals surface area contributed by atoms with Gasteiger partial charge in [0.05, 0.1) is 18.1 Å². The maximum absolute atomic E-state index is 12.0. The first-order valence-electron chi connectivity index (χ1n) is 6.57. The summed E-state index contributed by atoms with van der Waals surface area (Å²) in [6.45, 7) is 3.06. The standard InChI is InChI=1S/C13H23NO4/c1-9(10(2)12(17)18)11(16)14-13(8-15)6-4-3-5-7-13/h9-10,15H,3-8H2,1-2H3,(H,14,16)(H,17,18). The van der Waals surface area contributed by atoms with Crippen molar-refractivity contribution in [1.29, 1.82) is 0 Å². The molecule has 0 aromatic heterocycles. The summed E-state index contributed by atoms with van der Waals surface area (Å²) >= 11 is 0. The van der Waals surface area contributed by atoms with Gasteiger partial charge in [0.2, 0.25) is 5.91 Å². The van der Waals surface area contributed by atoms with Gasteiger partial charge < -0.3 is 15.5 Å². The number of aliphatic carboxylic acids is 1. The number of aliphatic hydroxyl groups excluding tert-OH is 1. The second-order valence-electron chi connectivity index (χ2n) is 5.40. The third-order valence-electron chi connectivity index (χ3n) is 4.05. The molecule has 5 heteroatoms. The van der Waals surface area contributed by atoms with Crippen molar-refractivity contribution in [2.24, 2.45) is 11.8 Å². The molecule has 1 amide bonds. The first kappa shape index (κ1) is 15.0. The molecule has 1 fully saturated rings. The number of carbonyl (C=O) groups is 2. The number of rotatable bonds is 5. The van der Waals surface area contributed by atoms with E-state index in [1.54, 1.807) is 6.92 Å². The van der Waals surface area contributed by atoms with Gasteiger partial charge in [0.15, 0.2) is 0 Å². The van der Waals surface area contributed by atoms with Gasteiger partial charge in [0, 0.05) is 5.92 Å². The maximum Gasteiger partial charge on any atom is 0.307 e. The number of carboxylic acid groups (broad SMARTS) is 1. The van der Waals surface area contributed by atoms with Crippen LogP contribution in [0.5, 0.6) is 0 Å². The average molecular weight is 257 g/mol. The highest BCUT2D eigenvalue weighted by Gasteiger charge is 2.35. The quantitative estimate of drug-likeness (QED) is 0.689. The molecule has 104 valence electrons. The number of hydrogen-bond donors (Lipinski definition) is 3. The number of nitrogens with one attached hydrogen (secondary N) is 1. The van der Waals surface area contributed by atoms with E-state index < -0.39 is 23.3 Å². The molecule has 0 radical (unpaired) electrons. The van der Waals surface area contributed by atoms with E-state index in [9.17, 15) is 14.7 Å². The van der Waals surface area contributed by atoms with E-state index in [1.807, 2.05) is 0 Å². The molecule has 0 saturated heterocycles. The fourth-order valence-electron chi connectivity index (χ4n) is 2.37. The average Bonchev–Trinajstić information content (AvgIpc) is 2.37. The SMILES string of the molecule is CC(C(=O)O)C(C)C(=O)NC1(CO)CCCCC1. The normalized spacial score (nSPS) is 21.9. The van der Waals surface area contributed by atoms with Crippen LogP contribution in [-0.2, 0) is 9.59 Å². The van der Waals surface area contributed by atoms with Crippen LogP contribution in [0, 0.1) is 11.8 Å². The minimum absolute atomic E-state index is 0.0765. The molecule has 1 saturated carbocycles. The molecule has 2 atom stereocenters. The predicted octanol–water partition coefficient (Wildman–Crippen LogP) is 1.15. The van der Waals surface area contributed by atoms with Gasteiger partial charge in [-0.25, -0.2) is 0 Å². The molecule has 1 aliphatic rings. The van der Waals surface area contributed by atoms with Crippen molar-refractivity contribution in [3.63, 3.8) is 0 Å². The highest BCUT2D eigenvalue weighted by atomic mass is 16.4. The molecule has 0 aromatic carbocycles. The first-order valence-corrected chi connectivity index (χ1v) is 6.57. The second kappa shape index (κ2) is 6.18. The Morgan fingerprint density at radius 2 is 1.72 bits per heavy atom. The van der Waals surface area contributed by atoms with Gasteiger partial charge in [-0.3, -0.25) is 9.59 Å². The van der Waals surface area contributed by atoms with Crippen molar-refractivity contribution in [2.45, 2.75) is 51.5 Å². The first-order chi connectivity index (χ1) is 8.42. The van der Waals surface area contributed by atoms with Gasteiger partial charge in [0.25, 0.3) is 0 Å². The van der Waals surface area contributed by atoms with Crippen molar-refractivity contribution >= 4 is 11.9 Å². The van der Waals surface area contributed by atoms with E-state index in [2.05, 4.69) is 5.32 Å². The Balaban J connectivity index is 2.64. The Labute approximate surface area is 108 Å². The van der Waals surface area contributed by atoms with Crippen LogP contribution in [0.2, 0.25) is 0 Å². The highest BCUT2D eigenvalue weighted by Crippen LogP contribution is 2.28. The fraction of sp³-hybridized carbons (Fsp3) is 0.846. The van der Waals surface area contributed by atoms with Crippen molar-refractivity contribution in [3.05, 3.63) is 0 Å². The monoisotopic (exact) mass is 257 g/mol. The van der Waals surface area contributed by atoms with Crippen molar-refractivity contribution in [1.82, 2.24) is 5.32 Å². The zero-order valence-electron chi connectivity index (χ0n) is 11.1. The molecular formula is C13H23NO4. The summed E-state index contributed by atoms with van der Waals surface area (Å²) in [6.07, 6.45) is 4.64. The maximum atomic E-state index is 12.0. The van der Waals surface area contributed by atoms with Gasteiger partial charge in [-0.05, 0) is 12.8 Å². The van der Waals surface area contributed by atoms with Crippen LogP contribution in [0.1, 0.15) is 46.0 Å². The second-order valence-corrected chi connectivity index (χ2v) is 5.40. The Morgan fingerprint density at radius 1 is 1.17 bits per heavy atom. The molecule has 0 bridgehead atoms. The van der Waals surface area contributed by atoms with Crippen LogP contribution in [0.3, 0.4) is 0 Å². The molecule has 0 spiro atoms. The lowest BCUT2D eigenvalue weighted by molar-refractivity contribution is -0.146. The summed E-state index contributed by atoms with van der Waals surface area (Å²) < 4.78 is 0. The third kappa shape index (κ3) is 3.45. The Kier molecular flexibility index (Phi) is 5.14. The van der Waals surface area contributed by atoms with Gasteiger partial charge >= 0.3 is 5.97 Å². The smallest absolute Gasteiger partial charge is 0.307 e. The Morgan fingerprint density at radius 3 is 2.17 bits per heavy atom. The Hall–Kier alpha value is -1.10. The number of amides is 1. The minimum atomic E-state index is -0.973. The minimum Gasteiger partial charge on any atom is -0.481 e. The van der Waals surface area contributed by atoms with E-state index in [1.165, 1.54) is 6.92 Å². The topological polar surface area (TPSA) is 86.6 Å². The fourth-order valence-corrected chi connectivity index (χ4v) is 2.37. The van der Waals surface area contributed by atoms with E-state index in [0.29, 0.717) is 0 Å². The lowest BCUT2D eigenvalue weighted by atomic mass is 9.81. The van der Waals surface area contributed by atoms with Crippen molar-refractivity contribution in [3.8, 4) is 0 Å². The molecule has 18 heavy (non-hydrogen) atoms. The summed E-state index contributed by atoms with van der Waals surface area (Å²) in [5, 5.41) is 21.3. The van der Waals surface area contributed by atoms with E-state index >= 15 is 0 Å². The molecular weight excluding hydrogens is 234 g/mol. The molecule has 0 aromatic rings. The zero-order chi connectivity index (χ0) is 13.8. The number of carbonyl (C=O) groups excluding carboxylic acids is 1. The van der Waals surface area contributed by atoms with E-state index in [4.69, 9.17) is 5.11 Å². The Bertz CT molecular complexity index is 310. The van der Waals surface area contributed by atoms with E-state index in [0.717, 1.165) is 32.1 Å². The van der Waals surface area contributed by atoms with Crippen LogP contribution < -0.4 is 5.32 Å². The summed E-state index contributed by atoms with van der Waals surface area (Å²) in [5.74, 6) is -2.56. The van der Waals surface area contributed by atoms with Gasteiger partial charge in [-0.2, -0.15) is 0 Å². The van der Waals surface area contributed by atoms with Crippen LogP contribution >= 0.6 is 0 Å². The molecule has 1 aliphatic carbocycles. The van der Waals surface area contributed by atoms with Crippen LogP contribution in [0.4, 0.5) is 0 Å². The van der Waals surface area contributed by atoms with Crippen LogP contribution in [-0.4, -0.2) is 34.2 Å². The molecule has 5 nitrogen and oxygen atoms in total. The number of hydrogen-bond acceptors (Lipinski definition) is 3. The summed E-state index contributed by atoms with van der Waals surface area (Å²) in [7, 11) is 0. The number of carboxylic acids is 1. The molecule has 3 N–H and O–H groups in total. The zero-order valence-corrected chi connectivity index (χ0v) is 11.1. The highest BCUT2D eigenvalue weighted by molar-refractivity contribution is 5.84. The van der Waals surface area contributed by atoms with Gasteiger partial charge in [-0.1, -0.05) is 33.1 Å². The summed E-state index contributed by atoms with van der Waals surface area (Å²) in [6, 6.07) is 0. The molecule has 1 rings (SSSR count). The predicted molar refractivity (Wildman–Crippen MR) is 67.0 cm³/mol. The molecule has 0 heterocycles. The number of aliphatic hydroxyl groups is 1. The summed E-state index contributed by atoms with van der Waals surface area (Å²) in [5.41, 5.74) is -0.540. The summed E-state index contributed by atoms with van der Waals surface area (Å²) in [4.78, 5) is 22.9. The lowest BCUT2D eigenvalue weighted by Crippen LogP contribution is -2.54.